The Balaban J connectivity index is 1.39. The first-order chi connectivity index (χ1) is 19.1. The predicted molar refractivity (Wildman–Crippen MR) is 144 cm³/mol. The van der Waals surface area contributed by atoms with E-state index in [0.717, 1.165) is 43.7 Å². The summed E-state index contributed by atoms with van der Waals surface area (Å²) in [5.74, 6) is 0.597. The summed E-state index contributed by atoms with van der Waals surface area (Å²) in [5, 5.41) is 11.7. The monoisotopic (exact) mass is 604 g/mol. The van der Waals surface area contributed by atoms with Crippen molar-refractivity contribution in [2.45, 2.75) is 21.8 Å². The van der Waals surface area contributed by atoms with Crippen LogP contribution in [0.1, 0.15) is 11.1 Å². The molecular weight excluding hydrogens is 591 g/mol. The van der Waals surface area contributed by atoms with Crippen LogP contribution in [-0.2, 0) is 12.4 Å². The molecule has 3 aromatic carbocycles. The van der Waals surface area contributed by atoms with E-state index in [4.69, 9.17) is 0 Å². The van der Waals surface area contributed by atoms with Crippen molar-refractivity contribution < 1.29 is 26.3 Å². The van der Waals surface area contributed by atoms with Crippen LogP contribution in [0.4, 0.5) is 26.3 Å². The van der Waals surface area contributed by atoms with Crippen LogP contribution >= 0.6 is 34.4 Å². The molecule has 0 amide bonds. The summed E-state index contributed by atoms with van der Waals surface area (Å²) in [4.78, 5) is 5.22. The zero-order chi connectivity index (χ0) is 28.1. The molecule has 6 rings (SSSR count). The first kappa shape index (κ1) is 26.5. The first-order valence-electron chi connectivity index (χ1n) is 11.5. The third-order valence-electron chi connectivity index (χ3n) is 5.84. The van der Waals surface area contributed by atoms with Gasteiger partial charge < -0.3 is 0 Å². The summed E-state index contributed by atoms with van der Waals surface area (Å²) in [6.07, 6.45) is -9.89. The molecule has 0 atom stereocenters. The van der Waals surface area contributed by atoms with E-state index in [0.29, 0.717) is 27.5 Å². The lowest BCUT2D eigenvalue weighted by atomic mass is 10.0. The summed E-state index contributed by atoms with van der Waals surface area (Å²) in [6, 6.07) is 20.8. The lowest BCUT2D eigenvalue weighted by Gasteiger charge is -2.13. The second kappa shape index (κ2) is 10.1. The van der Waals surface area contributed by atoms with Crippen molar-refractivity contribution in [2.24, 2.45) is 0 Å². The number of halogens is 6. The van der Waals surface area contributed by atoms with Crippen LogP contribution in [0, 0.1) is 0 Å². The van der Waals surface area contributed by atoms with Gasteiger partial charge in [0.15, 0.2) is 10.2 Å². The second-order valence-electron chi connectivity index (χ2n) is 8.52. The molecule has 0 fully saturated rings. The number of para-hydroxylation sites is 1. The third-order valence-corrected chi connectivity index (χ3v) is 8.84. The SMILES string of the molecule is FC(F)(F)c1cc(-c2csc(Sc3nnc(-c4cc5ccccc5s4)n3-c3ccccc3)n2)cc(C(F)(F)F)c1. The molecule has 202 valence electrons. The number of rotatable bonds is 5. The Kier molecular flexibility index (Phi) is 6.67. The van der Waals surface area contributed by atoms with Crippen LogP contribution in [0.15, 0.2) is 93.7 Å². The van der Waals surface area contributed by atoms with E-state index in [9.17, 15) is 26.3 Å². The van der Waals surface area contributed by atoms with Crippen molar-refractivity contribution in [2.75, 3.05) is 0 Å². The smallest absolute Gasteiger partial charge is 0.269 e. The van der Waals surface area contributed by atoms with E-state index in [1.165, 1.54) is 5.38 Å². The van der Waals surface area contributed by atoms with E-state index < -0.39 is 23.5 Å². The molecule has 3 aromatic heterocycles. The van der Waals surface area contributed by atoms with Gasteiger partial charge in [0, 0.05) is 21.3 Å². The topological polar surface area (TPSA) is 43.6 Å². The third kappa shape index (κ3) is 5.23. The molecule has 0 bridgehead atoms. The number of alkyl halides is 6. The van der Waals surface area contributed by atoms with E-state index in [1.54, 1.807) is 11.3 Å². The van der Waals surface area contributed by atoms with Gasteiger partial charge in [-0.3, -0.25) is 4.57 Å². The zero-order valence-corrected chi connectivity index (χ0v) is 22.3. The van der Waals surface area contributed by atoms with Gasteiger partial charge in [-0.1, -0.05) is 36.4 Å². The predicted octanol–water partition coefficient (Wildman–Crippen LogP) is 9.46. The number of fused-ring (bicyclic) bond motifs is 1. The highest BCUT2D eigenvalue weighted by molar-refractivity contribution is 8.00. The van der Waals surface area contributed by atoms with Gasteiger partial charge in [-0.2, -0.15) is 26.3 Å². The van der Waals surface area contributed by atoms with Crippen molar-refractivity contribution in [1.82, 2.24) is 19.7 Å². The van der Waals surface area contributed by atoms with Crippen molar-refractivity contribution in [3.63, 3.8) is 0 Å². The van der Waals surface area contributed by atoms with Gasteiger partial charge in [0.05, 0.1) is 21.7 Å². The average Bonchev–Trinajstić information content (AvgIpc) is 3.66. The van der Waals surface area contributed by atoms with Crippen molar-refractivity contribution in [1.29, 1.82) is 0 Å². The minimum Gasteiger partial charge on any atom is -0.269 e. The number of nitrogens with zero attached hydrogens (tertiary/aromatic N) is 4. The largest absolute Gasteiger partial charge is 0.416 e. The van der Waals surface area contributed by atoms with Gasteiger partial charge in [0.2, 0.25) is 5.16 Å². The van der Waals surface area contributed by atoms with E-state index in [2.05, 4.69) is 15.2 Å². The minimum atomic E-state index is -4.95. The molecule has 0 radical (unpaired) electrons. The minimum absolute atomic E-state index is 0.000365. The summed E-state index contributed by atoms with van der Waals surface area (Å²) in [5.41, 5.74) is -2.28. The summed E-state index contributed by atoms with van der Waals surface area (Å²) >= 11 is 3.77. The van der Waals surface area contributed by atoms with Gasteiger partial charge in [-0.05, 0) is 59.6 Å². The molecule has 0 unspecified atom stereocenters. The lowest BCUT2D eigenvalue weighted by molar-refractivity contribution is -0.143. The Morgan fingerprint density at radius 2 is 1.43 bits per heavy atom. The molecule has 40 heavy (non-hydrogen) atoms. The Hall–Kier alpha value is -3.68. The molecular formula is C27H14F6N4S3. The van der Waals surface area contributed by atoms with Crippen LogP contribution in [-0.4, -0.2) is 19.7 Å². The average molecular weight is 605 g/mol. The van der Waals surface area contributed by atoms with Gasteiger partial charge in [-0.15, -0.1) is 32.9 Å². The Labute approximate surface area is 235 Å². The number of aromatic nitrogens is 4. The number of hydrogen-bond acceptors (Lipinski definition) is 6. The van der Waals surface area contributed by atoms with Crippen molar-refractivity contribution in [3.05, 3.63) is 95.4 Å². The highest BCUT2D eigenvalue weighted by Crippen LogP contribution is 2.41. The Morgan fingerprint density at radius 3 is 2.10 bits per heavy atom. The van der Waals surface area contributed by atoms with Crippen LogP contribution in [0.2, 0.25) is 0 Å². The number of thiophene rings is 1. The molecule has 0 spiro atoms. The Bertz CT molecular complexity index is 1750. The molecule has 0 aliphatic heterocycles. The molecule has 6 aromatic rings. The van der Waals surface area contributed by atoms with E-state index >= 15 is 0 Å². The van der Waals surface area contributed by atoms with Crippen molar-refractivity contribution in [3.8, 4) is 27.6 Å². The maximum atomic E-state index is 13.4. The zero-order valence-electron chi connectivity index (χ0n) is 19.9. The second-order valence-corrected chi connectivity index (χ2v) is 11.7. The summed E-state index contributed by atoms with van der Waals surface area (Å²) in [6.45, 7) is 0. The number of thiazole rings is 1. The molecule has 0 aliphatic carbocycles. The van der Waals surface area contributed by atoms with Crippen LogP contribution < -0.4 is 0 Å². The number of hydrogen-bond donors (Lipinski definition) is 0. The molecule has 3 heterocycles. The number of benzene rings is 3. The Morgan fingerprint density at radius 1 is 0.750 bits per heavy atom. The van der Waals surface area contributed by atoms with Gasteiger partial charge in [-0.25, -0.2) is 4.98 Å². The van der Waals surface area contributed by atoms with Gasteiger partial charge in [0.1, 0.15) is 0 Å². The van der Waals surface area contributed by atoms with Crippen LogP contribution in [0.5, 0.6) is 0 Å². The molecule has 0 saturated carbocycles. The van der Waals surface area contributed by atoms with Gasteiger partial charge >= 0.3 is 12.4 Å². The molecule has 0 saturated heterocycles. The van der Waals surface area contributed by atoms with Crippen LogP contribution in [0.25, 0.3) is 37.7 Å². The van der Waals surface area contributed by atoms with E-state index in [-0.39, 0.29) is 17.3 Å². The first-order valence-corrected chi connectivity index (χ1v) is 14.0. The highest BCUT2D eigenvalue weighted by atomic mass is 32.2. The van der Waals surface area contributed by atoms with Crippen molar-refractivity contribution >= 4 is 44.5 Å². The maximum absolute atomic E-state index is 13.4. The maximum Gasteiger partial charge on any atom is 0.416 e. The normalized spacial score (nSPS) is 12.3. The molecule has 13 heteroatoms. The standard InChI is InChI=1S/C27H14F6N4S3/c28-26(29,30)17-10-16(11-18(13-17)27(31,32)33)20-14-38-25(34-20)40-24-36-35-23(37(24)19-7-2-1-3-8-19)22-12-15-6-4-5-9-21(15)39-22/h1-14H. The van der Waals surface area contributed by atoms with Crippen LogP contribution in [0.3, 0.4) is 0 Å². The fourth-order valence-electron chi connectivity index (χ4n) is 4.02. The molecule has 4 nitrogen and oxygen atoms in total. The fourth-order valence-corrected chi connectivity index (χ4v) is 6.83. The fraction of sp³-hybridized carbons (Fsp3) is 0.0741. The lowest BCUT2D eigenvalue weighted by Crippen LogP contribution is -2.11. The van der Waals surface area contributed by atoms with Gasteiger partial charge in [0.25, 0.3) is 0 Å². The molecule has 0 N–H and O–H groups in total. The van der Waals surface area contributed by atoms with E-state index in [1.807, 2.05) is 65.2 Å². The molecule has 0 aliphatic rings. The summed E-state index contributed by atoms with van der Waals surface area (Å²) in [7, 11) is 0. The highest BCUT2D eigenvalue weighted by Gasteiger charge is 2.37. The quantitative estimate of drug-likeness (QED) is 0.184. The summed E-state index contributed by atoms with van der Waals surface area (Å²) < 4.78 is 83.4.